The first-order valence-electron chi connectivity index (χ1n) is 8.70. The fourth-order valence-electron chi connectivity index (χ4n) is 3.19. The van der Waals surface area contributed by atoms with Crippen molar-refractivity contribution in [3.8, 4) is 0 Å². The van der Waals surface area contributed by atoms with Gasteiger partial charge in [-0.1, -0.05) is 13.8 Å². The van der Waals surface area contributed by atoms with Gasteiger partial charge in [0.2, 0.25) is 0 Å². The smallest absolute Gasteiger partial charge is 0.253 e. The third kappa shape index (κ3) is 3.93. The van der Waals surface area contributed by atoms with E-state index in [-0.39, 0.29) is 11.5 Å². The number of hydrogen-bond donors (Lipinski definition) is 0. The number of hydrogen-bond acceptors (Lipinski definition) is 5. The molecule has 24 heavy (non-hydrogen) atoms. The molecule has 1 aliphatic rings. The second-order valence-corrected chi connectivity index (χ2v) is 7.03. The Labute approximate surface area is 142 Å². The highest BCUT2D eigenvalue weighted by atomic mass is 16.3. The van der Waals surface area contributed by atoms with E-state index in [1.54, 1.807) is 17.0 Å². The molecule has 0 N–H and O–H groups in total. The molecule has 3 rings (SSSR count). The Bertz CT molecular complexity index is 727. The quantitative estimate of drug-likeness (QED) is 0.843. The topological polar surface area (TPSA) is 64.2 Å². The summed E-state index contributed by atoms with van der Waals surface area (Å²) >= 11 is 0. The van der Waals surface area contributed by atoms with Crippen LogP contribution >= 0.6 is 0 Å². The van der Waals surface area contributed by atoms with E-state index in [2.05, 4.69) is 28.7 Å². The van der Waals surface area contributed by atoms with E-state index in [4.69, 9.17) is 4.42 Å². The molecule has 0 bridgehead atoms. The average molecular weight is 330 g/mol. The van der Waals surface area contributed by atoms with Gasteiger partial charge in [-0.05, 0) is 44.7 Å². The molecule has 2 aromatic rings. The molecule has 0 aliphatic carbocycles. The molecule has 0 aromatic carbocycles. The van der Waals surface area contributed by atoms with Gasteiger partial charge < -0.3 is 4.42 Å². The summed E-state index contributed by atoms with van der Waals surface area (Å²) < 4.78 is 7.02. The van der Waals surface area contributed by atoms with E-state index in [1.165, 1.54) is 6.39 Å². The second kappa shape index (κ2) is 7.30. The molecule has 0 atom stereocenters. The highest BCUT2D eigenvalue weighted by Crippen LogP contribution is 2.21. The van der Waals surface area contributed by atoms with Crippen molar-refractivity contribution in [1.29, 1.82) is 0 Å². The van der Waals surface area contributed by atoms with Gasteiger partial charge in [0.25, 0.3) is 5.56 Å². The van der Waals surface area contributed by atoms with Crippen molar-refractivity contribution in [3.05, 3.63) is 46.3 Å². The number of likely N-dealkylation sites (tertiary alicyclic amines) is 1. The maximum Gasteiger partial charge on any atom is 0.253 e. The lowest BCUT2D eigenvalue weighted by molar-refractivity contribution is 0.164. The fourth-order valence-corrected chi connectivity index (χ4v) is 3.19. The molecule has 2 aromatic heterocycles. The Hall–Kier alpha value is -1.95. The number of nitrogens with zero attached hydrogens (tertiary/aromatic N) is 4. The third-order valence-corrected chi connectivity index (χ3v) is 4.87. The zero-order valence-electron chi connectivity index (χ0n) is 14.7. The number of aryl methyl sites for hydroxylation is 1. The lowest BCUT2D eigenvalue weighted by atomic mass is 9.96. The van der Waals surface area contributed by atoms with E-state index >= 15 is 0 Å². The van der Waals surface area contributed by atoms with Gasteiger partial charge in [-0.2, -0.15) is 0 Å². The molecular weight excluding hydrogens is 304 g/mol. The summed E-state index contributed by atoms with van der Waals surface area (Å²) in [4.78, 5) is 23.3. The van der Waals surface area contributed by atoms with Crippen molar-refractivity contribution in [2.75, 3.05) is 13.1 Å². The van der Waals surface area contributed by atoms with Crippen molar-refractivity contribution >= 4 is 0 Å². The number of piperidine rings is 1. The number of oxazole rings is 1. The Morgan fingerprint density at radius 2 is 2.04 bits per heavy atom. The summed E-state index contributed by atoms with van der Waals surface area (Å²) in [6.45, 7) is 9.74. The minimum atomic E-state index is 0.0642. The van der Waals surface area contributed by atoms with Crippen LogP contribution in [0.2, 0.25) is 0 Å². The molecule has 1 aliphatic heterocycles. The molecular formula is C18H26N4O2. The van der Waals surface area contributed by atoms with Crippen LogP contribution in [0.15, 0.2) is 28.0 Å². The van der Waals surface area contributed by atoms with Crippen LogP contribution in [-0.2, 0) is 13.1 Å². The van der Waals surface area contributed by atoms with Crippen LogP contribution in [0.3, 0.4) is 0 Å². The Kier molecular flexibility index (Phi) is 5.14. The van der Waals surface area contributed by atoms with E-state index < -0.39 is 0 Å². The largest absolute Gasteiger partial charge is 0.448 e. The Morgan fingerprint density at radius 3 is 2.62 bits per heavy atom. The summed E-state index contributed by atoms with van der Waals surface area (Å²) in [5.41, 5.74) is 1.96. The minimum absolute atomic E-state index is 0.0642. The first-order valence-corrected chi connectivity index (χ1v) is 8.70. The van der Waals surface area contributed by atoms with Gasteiger partial charge >= 0.3 is 0 Å². The highest BCUT2D eigenvalue weighted by molar-refractivity contribution is 5.05. The van der Waals surface area contributed by atoms with Gasteiger partial charge in [0.1, 0.15) is 5.76 Å². The summed E-state index contributed by atoms with van der Waals surface area (Å²) in [6.07, 6.45) is 5.41. The zero-order valence-corrected chi connectivity index (χ0v) is 14.7. The first-order chi connectivity index (χ1) is 11.5. The summed E-state index contributed by atoms with van der Waals surface area (Å²) in [6, 6.07) is 1.67. The Morgan fingerprint density at radius 1 is 1.29 bits per heavy atom. The molecule has 1 fully saturated rings. The van der Waals surface area contributed by atoms with Gasteiger partial charge in [-0.3, -0.25) is 14.3 Å². The SMILES string of the molecule is Cc1ocnc1CN1CCC(Cn2cnc(C(C)C)cc2=O)CC1. The van der Waals surface area contributed by atoms with Gasteiger partial charge in [-0.15, -0.1) is 0 Å². The van der Waals surface area contributed by atoms with E-state index in [1.807, 2.05) is 6.92 Å². The minimum Gasteiger partial charge on any atom is -0.448 e. The fraction of sp³-hybridized carbons (Fsp3) is 0.611. The lowest BCUT2D eigenvalue weighted by Crippen LogP contribution is -2.36. The predicted molar refractivity (Wildman–Crippen MR) is 91.8 cm³/mol. The van der Waals surface area contributed by atoms with Crippen LogP contribution in [0.1, 0.15) is 49.8 Å². The van der Waals surface area contributed by atoms with Gasteiger partial charge in [0, 0.05) is 19.2 Å². The zero-order chi connectivity index (χ0) is 17.1. The molecule has 3 heterocycles. The number of aromatic nitrogens is 3. The molecule has 0 amide bonds. The maximum atomic E-state index is 12.2. The molecule has 6 nitrogen and oxygen atoms in total. The van der Waals surface area contributed by atoms with Crippen LogP contribution in [0.4, 0.5) is 0 Å². The van der Waals surface area contributed by atoms with Gasteiger partial charge in [0.05, 0.1) is 17.7 Å². The molecule has 0 saturated carbocycles. The highest BCUT2D eigenvalue weighted by Gasteiger charge is 2.21. The summed E-state index contributed by atoms with van der Waals surface area (Å²) in [5.74, 6) is 1.72. The molecule has 0 unspecified atom stereocenters. The van der Waals surface area contributed by atoms with Crippen molar-refractivity contribution in [2.45, 2.75) is 52.6 Å². The van der Waals surface area contributed by atoms with Crippen LogP contribution in [0.25, 0.3) is 0 Å². The Balaban J connectivity index is 1.54. The van der Waals surface area contributed by atoms with Crippen LogP contribution in [-0.4, -0.2) is 32.5 Å². The molecule has 1 saturated heterocycles. The van der Waals surface area contributed by atoms with Crippen LogP contribution < -0.4 is 5.56 Å². The summed E-state index contributed by atoms with van der Waals surface area (Å²) in [7, 11) is 0. The van der Waals surface area contributed by atoms with Crippen molar-refractivity contribution < 1.29 is 4.42 Å². The predicted octanol–water partition coefficient (Wildman–Crippen LogP) is 2.58. The summed E-state index contributed by atoms with van der Waals surface area (Å²) in [5, 5.41) is 0. The van der Waals surface area contributed by atoms with Crippen molar-refractivity contribution in [1.82, 2.24) is 19.4 Å². The van der Waals surface area contributed by atoms with Crippen molar-refractivity contribution in [3.63, 3.8) is 0 Å². The molecule has 130 valence electrons. The van der Waals surface area contributed by atoms with Crippen molar-refractivity contribution in [2.24, 2.45) is 5.92 Å². The standard InChI is InChI=1S/C18H26N4O2/c1-13(2)16-8-18(23)22(11-19-16)9-15-4-6-21(7-5-15)10-17-14(3)24-12-20-17/h8,11-13,15H,4-7,9-10H2,1-3H3. The molecule has 0 radical (unpaired) electrons. The monoisotopic (exact) mass is 330 g/mol. The van der Waals surface area contributed by atoms with Gasteiger partial charge in [-0.25, -0.2) is 9.97 Å². The molecule has 6 heteroatoms. The third-order valence-electron chi connectivity index (χ3n) is 4.87. The normalized spacial score (nSPS) is 16.8. The van der Waals surface area contributed by atoms with Crippen LogP contribution in [0.5, 0.6) is 0 Å². The van der Waals surface area contributed by atoms with Crippen LogP contribution in [0, 0.1) is 12.8 Å². The van der Waals surface area contributed by atoms with E-state index in [0.29, 0.717) is 5.92 Å². The molecule has 0 spiro atoms. The first kappa shape index (κ1) is 16.9. The number of rotatable bonds is 5. The van der Waals surface area contributed by atoms with E-state index in [9.17, 15) is 4.79 Å². The average Bonchev–Trinajstić information content (AvgIpc) is 2.96. The van der Waals surface area contributed by atoms with Gasteiger partial charge in [0.15, 0.2) is 6.39 Å². The maximum absolute atomic E-state index is 12.2. The lowest BCUT2D eigenvalue weighted by Gasteiger charge is -2.31. The van der Waals surface area contributed by atoms with E-state index in [0.717, 1.165) is 56.2 Å². The second-order valence-electron chi connectivity index (χ2n) is 7.03.